The molecule has 8 rings (SSSR count). The molecule has 6 aliphatic heterocycles. The number of ether oxygens (including phenoxy) is 12. The molecular weight excluding hydrogens is 1560 g/mol. The van der Waals surface area contributed by atoms with E-state index in [4.69, 9.17) is 156 Å². The minimum atomic E-state index is -1.60. The molecule has 40 N–H and O–H groups in total. The number of hydrogen-bond acceptors (Lipinski definition) is 42. The number of thiocarbonyl (C=S) groups is 2. The van der Waals surface area contributed by atoms with Crippen molar-refractivity contribution >= 4 is 58.2 Å². The van der Waals surface area contributed by atoms with Crippen LogP contribution in [0, 0.1) is 0 Å². The normalized spacial score (nSPS) is 43.2. The Morgan fingerprint density at radius 2 is 0.688 bits per heavy atom. The van der Waals surface area contributed by atoms with E-state index in [2.05, 4.69) is 36.2 Å². The highest BCUT2D eigenvalue weighted by Gasteiger charge is 2.58. The Balaban J connectivity index is 0.774. The van der Waals surface area contributed by atoms with Gasteiger partial charge in [0.15, 0.2) is 48.0 Å². The molecule has 38 atom stereocenters. The van der Waals surface area contributed by atoms with Gasteiger partial charge in [0.1, 0.15) is 122 Å². The Bertz CT molecular complexity index is 2830. The largest absolute Gasteiger partial charge is 0.389 e. The number of aliphatic hydroxyl groups is 12. The minimum absolute atomic E-state index is 0.0541. The number of azide groups is 1. The lowest BCUT2D eigenvalue weighted by molar-refractivity contribution is -0.306. The van der Waals surface area contributed by atoms with Gasteiger partial charge in [-0.1, -0.05) is 11.5 Å². The molecule has 6 heterocycles. The minimum Gasteiger partial charge on any atom is -0.389 e. The molecule has 0 radical (unpaired) electrons. The Kier molecular flexibility index (Phi) is 39.7. The van der Waals surface area contributed by atoms with E-state index in [1.165, 1.54) is 23.5 Å². The van der Waals surface area contributed by atoms with Crippen LogP contribution in [0.25, 0.3) is 10.4 Å². The summed E-state index contributed by atoms with van der Waals surface area (Å²) in [6.45, 7) is 3.99. The fourth-order valence-electron chi connectivity index (χ4n) is 14.7. The zero-order valence-corrected chi connectivity index (χ0v) is 65.8. The van der Waals surface area contributed by atoms with Crippen LogP contribution < -0.4 is 90.1 Å². The maximum atomic E-state index is 12.0. The molecule has 0 amide bonds. The van der Waals surface area contributed by atoms with Crippen LogP contribution in [0.3, 0.4) is 0 Å². The second-order valence-corrected chi connectivity index (χ2v) is 32.7. The van der Waals surface area contributed by atoms with Gasteiger partial charge in [-0.25, -0.2) is 0 Å². The van der Waals surface area contributed by atoms with Gasteiger partial charge in [-0.15, -0.1) is 0 Å². The predicted octanol–water partition coefficient (Wildman–Crippen LogP) is -13.4. The average molecular weight is 1690 g/mol. The number of unbranched alkanes of at least 4 members (excludes halogenated alkanes) is 3. The molecule has 0 aromatic rings. The summed E-state index contributed by atoms with van der Waals surface area (Å²) in [5.41, 5.74) is 82.9. The Hall–Kier alpha value is -2.09. The molecule has 14 unspecified atom stereocenters. The Labute approximate surface area is 669 Å². The smallest absolute Gasteiger partial charge is 0.187 e. The number of aliphatic hydroxyl groups excluding tert-OH is 12. The zero-order valence-electron chi connectivity index (χ0n) is 62.5. The van der Waals surface area contributed by atoms with Gasteiger partial charge in [-0.3, -0.25) is 0 Å². The van der Waals surface area contributed by atoms with E-state index in [0.717, 1.165) is 58.2 Å². The second-order valence-electron chi connectivity index (χ2n) is 29.6. The van der Waals surface area contributed by atoms with Crippen molar-refractivity contribution < 1.29 is 118 Å². The van der Waals surface area contributed by atoms with E-state index in [-0.39, 0.29) is 50.5 Å². The summed E-state index contributed by atoms with van der Waals surface area (Å²) in [5.74, 6) is 1.33. The molecule has 0 spiro atoms. The first-order chi connectivity index (χ1) is 53.5. The second kappa shape index (κ2) is 46.6. The highest BCUT2D eigenvalue weighted by Crippen LogP contribution is 2.39. The van der Waals surface area contributed by atoms with Crippen LogP contribution in [-0.2, 0) is 56.8 Å². The Morgan fingerprint density at radius 1 is 0.375 bits per heavy atom. The number of nitrogens with one attached hydrogen (secondary N) is 4. The third-order valence-corrected chi connectivity index (χ3v) is 24.1. The molecular formula is C64H126N20O24S4. The summed E-state index contributed by atoms with van der Waals surface area (Å²) >= 11 is 14.1. The molecule has 44 nitrogen and oxygen atoms in total. The van der Waals surface area contributed by atoms with Gasteiger partial charge in [-0.2, -0.15) is 23.5 Å². The summed E-state index contributed by atoms with van der Waals surface area (Å²) in [6.07, 6.45) is -35.1. The lowest BCUT2D eigenvalue weighted by Crippen LogP contribution is -2.68. The van der Waals surface area contributed by atoms with E-state index in [1.807, 2.05) is 0 Å². The molecule has 8 fully saturated rings. The SMILES string of the molecule is [N-]=[N+]=NCCCCCN(CCCCNC(=S)NCCSC[C@H]1OC(O[C@@H]2C(O)[C@H](N)CC(N)[C@H]2O[C@H]2OC(CN)[C@@H](O)[C@H](O)C2N)[C@@H](O)[C@H]1O[C@H]1OC(CN)C(O)[C@@H](O)[C@H]1N)CCCNC(=S)NCCSC[C@H]1OC(O[C@@H]2C(O)[C@H](N)CC(N)[C@H]2O[C@H]2OC(CN)[C@@H](O)[C@H](O)C2N)[C@@H](O)[C@H]1O[C@H]1OC(CN)C(O)[C@@H](O)[C@H]1N. The van der Waals surface area contributed by atoms with Gasteiger partial charge in [0.05, 0.1) is 48.6 Å². The predicted molar refractivity (Wildman–Crippen MR) is 413 cm³/mol. The zero-order chi connectivity index (χ0) is 81.8. The average Bonchev–Trinajstić information content (AvgIpc) is 1.60. The highest BCUT2D eigenvalue weighted by molar-refractivity contribution is 7.99. The van der Waals surface area contributed by atoms with Gasteiger partial charge in [0.2, 0.25) is 0 Å². The molecule has 2 saturated carbocycles. The van der Waals surface area contributed by atoms with E-state index in [1.54, 1.807) is 0 Å². The summed E-state index contributed by atoms with van der Waals surface area (Å²) in [5, 5.41) is 150. The van der Waals surface area contributed by atoms with Gasteiger partial charge in [0.25, 0.3) is 0 Å². The quantitative estimate of drug-likeness (QED) is 0.00888. The summed E-state index contributed by atoms with van der Waals surface area (Å²) in [6, 6.07) is -8.77. The van der Waals surface area contributed by atoms with Crippen molar-refractivity contribution in [1.82, 2.24) is 26.2 Å². The van der Waals surface area contributed by atoms with Crippen molar-refractivity contribution in [2.45, 2.75) is 284 Å². The molecule has 8 aliphatic rings. The molecule has 0 bridgehead atoms. The van der Waals surface area contributed by atoms with Gasteiger partial charge >= 0.3 is 0 Å². The van der Waals surface area contributed by atoms with Crippen LogP contribution >= 0.6 is 48.0 Å². The molecule has 650 valence electrons. The maximum Gasteiger partial charge on any atom is 0.187 e. The first-order valence-corrected chi connectivity index (χ1v) is 41.4. The van der Waals surface area contributed by atoms with Crippen LogP contribution in [-0.4, -0.2) is 411 Å². The van der Waals surface area contributed by atoms with Crippen molar-refractivity contribution in [1.29, 1.82) is 0 Å². The third kappa shape index (κ3) is 25.3. The van der Waals surface area contributed by atoms with Crippen LogP contribution in [0.5, 0.6) is 0 Å². The van der Waals surface area contributed by atoms with E-state index < -0.39 is 233 Å². The fraction of sp³-hybridized carbons (Fsp3) is 0.969. The fourth-order valence-corrected chi connectivity index (χ4v) is 16.9. The van der Waals surface area contributed by atoms with Gasteiger partial charge in [0, 0.05) is 111 Å². The van der Waals surface area contributed by atoms with Gasteiger partial charge in [-0.05, 0) is 94.5 Å². The van der Waals surface area contributed by atoms with E-state index >= 15 is 0 Å². The molecule has 0 aromatic heterocycles. The van der Waals surface area contributed by atoms with E-state index in [9.17, 15) is 61.3 Å². The third-order valence-electron chi connectivity index (χ3n) is 21.4. The molecule has 0 aromatic carbocycles. The van der Waals surface area contributed by atoms with Crippen molar-refractivity contribution in [3.8, 4) is 0 Å². The number of nitrogens with zero attached hydrogens (tertiary/aromatic N) is 4. The lowest BCUT2D eigenvalue weighted by Gasteiger charge is -2.47. The molecule has 2 aliphatic carbocycles. The summed E-state index contributed by atoms with van der Waals surface area (Å²) in [7, 11) is 0. The van der Waals surface area contributed by atoms with Crippen molar-refractivity contribution in [3.05, 3.63) is 10.4 Å². The topological polar surface area (TPSA) is 766 Å². The van der Waals surface area contributed by atoms with Crippen molar-refractivity contribution in [3.63, 3.8) is 0 Å². The van der Waals surface area contributed by atoms with E-state index in [0.29, 0.717) is 54.5 Å². The lowest BCUT2D eigenvalue weighted by atomic mass is 9.84. The first-order valence-electron chi connectivity index (χ1n) is 38.3. The van der Waals surface area contributed by atoms with Gasteiger partial charge < -0.3 is 213 Å². The Morgan fingerprint density at radius 3 is 1.04 bits per heavy atom. The number of hydrogen-bond donors (Lipinski definition) is 28. The standard InChI is InChI=1S/C64H126N20O24S4/c65-19-29-41(87)45(91)35(73)57(97-29)103-51-27(71)17-25(69)39(85)55(51)107-61-49(95)53(105-59-37(75)47(93)43(89)31(21-67)99-59)33(101-61)23-111-15-10-80-63(109)78-7-3-5-13-84(12-4-1-2-9-82-83-77)14-6-8-79-64(110)81-11-16-112-24-34-54(106-60-38(76)48(94)44(90)32(22-68)100-60)50(96)62(102-34)108-56-40(86)26(70)18-28(72)52(56)104-58-36(74)46(92)42(88)30(20-66)98-58/h25-62,85-96H,1-24,65-76H2,(H2,78,80,109)(H2,79,81,110)/t25-,26-,27?,28?,29?,30?,31?,32?,33-,34-,35?,36?,37-,38-,39?,40?,41-,42-,43?,44?,45-,46-,47+,48+,49+,50+,51-,52-,53+,54+,55-,56-,57-,58-,59-,60-,61?,62?/m1/s1. The molecule has 112 heavy (non-hydrogen) atoms. The summed E-state index contributed by atoms with van der Waals surface area (Å²) < 4.78 is 73.7. The molecule has 48 heteroatoms. The molecule has 6 saturated heterocycles. The maximum absolute atomic E-state index is 12.0. The monoisotopic (exact) mass is 1690 g/mol. The number of thioether (sulfide) groups is 2. The van der Waals surface area contributed by atoms with Crippen molar-refractivity contribution in [2.75, 3.05) is 102 Å². The van der Waals surface area contributed by atoms with Crippen molar-refractivity contribution in [2.24, 2.45) is 73.9 Å². The van der Waals surface area contributed by atoms with Crippen LogP contribution in [0.15, 0.2) is 5.11 Å². The first kappa shape index (κ1) is 95.4. The number of rotatable bonds is 41. The number of nitrogens with two attached hydrogens (primary N) is 12. The van der Waals surface area contributed by atoms with Crippen LogP contribution in [0.1, 0.15) is 51.4 Å². The highest BCUT2D eigenvalue weighted by atomic mass is 32.2. The van der Waals surface area contributed by atoms with Crippen LogP contribution in [0.4, 0.5) is 0 Å². The van der Waals surface area contributed by atoms with Crippen LogP contribution in [0.2, 0.25) is 0 Å². The summed E-state index contributed by atoms with van der Waals surface area (Å²) in [4.78, 5) is 5.24.